The topological polar surface area (TPSA) is 58.2 Å². The first-order valence-electron chi connectivity index (χ1n) is 7.66. The monoisotopic (exact) mass is 310 g/mol. The number of anilines is 2. The van der Waals surface area contributed by atoms with Crippen LogP contribution in [-0.4, -0.2) is 11.8 Å². The van der Waals surface area contributed by atoms with E-state index in [2.05, 4.69) is 10.6 Å². The van der Waals surface area contributed by atoms with Crippen LogP contribution in [0.4, 0.5) is 11.4 Å². The first kappa shape index (κ1) is 16.7. The fraction of sp³-hybridized carbons (Fsp3) is 0.263. The molecular weight excluding hydrogens is 288 g/mol. The van der Waals surface area contributed by atoms with Gasteiger partial charge in [-0.05, 0) is 43.7 Å². The molecule has 0 aliphatic rings. The van der Waals surface area contributed by atoms with Gasteiger partial charge < -0.3 is 10.6 Å². The minimum atomic E-state index is -0.158. The summed E-state index contributed by atoms with van der Waals surface area (Å²) in [5.41, 5.74) is 4.02. The minimum absolute atomic E-state index is 0.0529. The van der Waals surface area contributed by atoms with E-state index in [1.165, 1.54) is 0 Å². The Balaban J connectivity index is 2.13. The molecule has 2 aromatic carbocycles. The number of aryl methyl sites for hydroxylation is 2. The minimum Gasteiger partial charge on any atom is -0.326 e. The first-order valence-corrected chi connectivity index (χ1v) is 7.66. The molecule has 2 amide bonds. The molecule has 0 heterocycles. The number of benzene rings is 2. The summed E-state index contributed by atoms with van der Waals surface area (Å²) >= 11 is 0. The van der Waals surface area contributed by atoms with Crippen molar-refractivity contribution >= 4 is 23.2 Å². The molecule has 0 aromatic heterocycles. The Morgan fingerprint density at radius 3 is 2.17 bits per heavy atom. The van der Waals surface area contributed by atoms with Gasteiger partial charge in [-0.15, -0.1) is 0 Å². The predicted molar refractivity (Wildman–Crippen MR) is 93.8 cm³/mol. The van der Waals surface area contributed by atoms with Crippen LogP contribution < -0.4 is 10.6 Å². The predicted octanol–water partition coefficient (Wildman–Crippen LogP) is 4.15. The van der Waals surface area contributed by atoms with Crippen LogP contribution in [0.1, 0.15) is 35.3 Å². The highest BCUT2D eigenvalue weighted by Crippen LogP contribution is 2.18. The molecule has 2 aromatic rings. The lowest BCUT2D eigenvalue weighted by atomic mass is 10.1. The third-order valence-electron chi connectivity index (χ3n) is 3.54. The average Bonchev–Trinajstić information content (AvgIpc) is 2.47. The molecule has 2 N–H and O–H groups in total. The van der Waals surface area contributed by atoms with Gasteiger partial charge in [-0.3, -0.25) is 9.59 Å². The quantitative estimate of drug-likeness (QED) is 0.891. The van der Waals surface area contributed by atoms with E-state index < -0.39 is 0 Å². The van der Waals surface area contributed by atoms with E-state index in [4.69, 9.17) is 0 Å². The van der Waals surface area contributed by atoms with Crippen molar-refractivity contribution in [2.24, 2.45) is 5.92 Å². The molecular formula is C19H22N2O2. The van der Waals surface area contributed by atoms with E-state index >= 15 is 0 Å². The van der Waals surface area contributed by atoms with Gasteiger partial charge in [-0.1, -0.05) is 37.6 Å². The van der Waals surface area contributed by atoms with Crippen molar-refractivity contribution in [3.8, 4) is 0 Å². The molecule has 4 nitrogen and oxygen atoms in total. The maximum Gasteiger partial charge on any atom is 0.255 e. The van der Waals surface area contributed by atoms with Gasteiger partial charge in [-0.25, -0.2) is 0 Å². The lowest BCUT2D eigenvalue weighted by molar-refractivity contribution is -0.118. The summed E-state index contributed by atoms with van der Waals surface area (Å²) in [6, 6.07) is 12.9. The maximum atomic E-state index is 12.4. The molecule has 0 atom stereocenters. The normalized spacial score (nSPS) is 10.5. The molecule has 0 bridgehead atoms. The molecule has 0 fully saturated rings. The van der Waals surface area contributed by atoms with Crippen molar-refractivity contribution in [3.05, 3.63) is 59.2 Å². The Bertz CT molecular complexity index is 736. The molecule has 2 rings (SSSR count). The summed E-state index contributed by atoms with van der Waals surface area (Å²) in [6.45, 7) is 7.58. The van der Waals surface area contributed by atoms with Gasteiger partial charge in [0.1, 0.15) is 0 Å². The van der Waals surface area contributed by atoms with Gasteiger partial charge in [0.25, 0.3) is 5.91 Å². The van der Waals surface area contributed by atoms with Crippen LogP contribution in [0.2, 0.25) is 0 Å². The largest absolute Gasteiger partial charge is 0.326 e. The summed E-state index contributed by atoms with van der Waals surface area (Å²) in [5, 5.41) is 5.69. The molecule has 0 radical (unpaired) electrons. The van der Waals surface area contributed by atoms with Crippen molar-refractivity contribution in [3.63, 3.8) is 0 Å². The van der Waals surface area contributed by atoms with Crippen LogP contribution in [0, 0.1) is 19.8 Å². The van der Waals surface area contributed by atoms with Crippen molar-refractivity contribution in [2.45, 2.75) is 27.7 Å². The second-order valence-electron chi connectivity index (χ2n) is 6.00. The summed E-state index contributed by atoms with van der Waals surface area (Å²) in [5.74, 6) is -0.304. The van der Waals surface area contributed by atoms with Gasteiger partial charge >= 0.3 is 0 Å². The highest BCUT2D eigenvalue weighted by Gasteiger charge is 2.11. The van der Waals surface area contributed by atoms with Gasteiger partial charge in [-0.2, -0.15) is 0 Å². The van der Waals surface area contributed by atoms with Gasteiger partial charge in [0.2, 0.25) is 5.91 Å². The van der Waals surface area contributed by atoms with E-state index in [9.17, 15) is 9.59 Å². The van der Waals surface area contributed by atoms with Gasteiger partial charge in [0.15, 0.2) is 0 Å². The lowest BCUT2D eigenvalue weighted by Gasteiger charge is -2.11. The molecule has 0 unspecified atom stereocenters. The van der Waals surface area contributed by atoms with Crippen LogP contribution in [0.5, 0.6) is 0 Å². The van der Waals surface area contributed by atoms with Crippen molar-refractivity contribution < 1.29 is 9.59 Å². The van der Waals surface area contributed by atoms with Crippen LogP contribution in [0.25, 0.3) is 0 Å². The lowest BCUT2D eigenvalue weighted by Crippen LogP contribution is -2.18. The molecule has 0 aliphatic carbocycles. The Morgan fingerprint density at radius 2 is 1.57 bits per heavy atom. The number of carbonyl (C=O) groups is 2. The van der Waals surface area contributed by atoms with Crippen LogP contribution >= 0.6 is 0 Å². The summed E-state index contributed by atoms with van der Waals surface area (Å²) < 4.78 is 0. The average molecular weight is 310 g/mol. The second kappa shape index (κ2) is 7.09. The van der Waals surface area contributed by atoms with Gasteiger partial charge in [0.05, 0.1) is 0 Å². The van der Waals surface area contributed by atoms with Crippen molar-refractivity contribution in [1.29, 1.82) is 0 Å². The number of nitrogens with one attached hydrogen (secondary N) is 2. The summed E-state index contributed by atoms with van der Waals surface area (Å²) in [4.78, 5) is 24.1. The summed E-state index contributed by atoms with van der Waals surface area (Å²) in [7, 11) is 0. The number of amides is 2. The van der Waals surface area contributed by atoms with E-state index in [0.717, 1.165) is 11.1 Å². The smallest absolute Gasteiger partial charge is 0.255 e. The van der Waals surface area contributed by atoms with E-state index in [1.54, 1.807) is 24.3 Å². The molecule has 0 spiro atoms. The highest BCUT2D eigenvalue weighted by atomic mass is 16.2. The fourth-order valence-electron chi connectivity index (χ4n) is 2.23. The first-order chi connectivity index (χ1) is 10.9. The molecule has 120 valence electrons. The van der Waals surface area contributed by atoms with Gasteiger partial charge in [0, 0.05) is 22.9 Å². The van der Waals surface area contributed by atoms with E-state index in [0.29, 0.717) is 16.9 Å². The number of rotatable bonds is 4. The van der Waals surface area contributed by atoms with Crippen LogP contribution in [-0.2, 0) is 4.79 Å². The fourth-order valence-corrected chi connectivity index (χ4v) is 2.23. The number of hydrogen-bond donors (Lipinski definition) is 2. The molecule has 0 saturated heterocycles. The SMILES string of the molecule is Cc1ccc(C(=O)Nc2cccc(NC(=O)C(C)C)c2)c(C)c1. The van der Waals surface area contributed by atoms with Crippen molar-refractivity contribution in [2.75, 3.05) is 10.6 Å². The third kappa shape index (κ3) is 4.42. The zero-order chi connectivity index (χ0) is 17.0. The zero-order valence-corrected chi connectivity index (χ0v) is 13.9. The third-order valence-corrected chi connectivity index (χ3v) is 3.54. The van der Waals surface area contributed by atoms with E-state index in [-0.39, 0.29) is 17.7 Å². The second-order valence-corrected chi connectivity index (χ2v) is 6.00. The Morgan fingerprint density at radius 1 is 0.913 bits per heavy atom. The number of carbonyl (C=O) groups excluding carboxylic acids is 2. The zero-order valence-electron chi connectivity index (χ0n) is 13.9. The van der Waals surface area contributed by atoms with Crippen LogP contribution in [0.15, 0.2) is 42.5 Å². The summed E-state index contributed by atoms with van der Waals surface area (Å²) in [6.07, 6.45) is 0. The molecule has 23 heavy (non-hydrogen) atoms. The van der Waals surface area contributed by atoms with Crippen LogP contribution in [0.3, 0.4) is 0 Å². The Hall–Kier alpha value is -2.62. The number of hydrogen-bond acceptors (Lipinski definition) is 2. The maximum absolute atomic E-state index is 12.4. The molecule has 4 heteroatoms. The Kier molecular flexibility index (Phi) is 5.16. The Labute approximate surface area is 136 Å². The molecule has 0 aliphatic heterocycles. The van der Waals surface area contributed by atoms with Crippen molar-refractivity contribution in [1.82, 2.24) is 0 Å². The standard InChI is InChI=1S/C19H22N2O2/c1-12(2)18(22)20-15-6-5-7-16(11-15)21-19(23)17-9-8-13(3)10-14(17)4/h5-12H,1-4H3,(H,20,22)(H,21,23). The molecule has 0 saturated carbocycles. The van der Waals surface area contributed by atoms with E-state index in [1.807, 2.05) is 45.9 Å². The highest BCUT2D eigenvalue weighted by molar-refractivity contribution is 6.05.